The van der Waals surface area contributed by atoms with Gasteiger partial charge in [0.15, 0.2) is 5.17 Å². The molecule has 4 rings (SSSR count). The Labute approximate surface area is 189 Å². The maximum atomic E-state index is 5.07. The van der Waals surface area contributed by atoms with Gasteiger partial charge < -0.3 is 4.90 Å². The summed E-state index contributed by atoms with van der Waals surface area (Å²) in [5.41, 5.74) is 4.83. The molecule has 0 radical (unpaired) electrons. The molecule has 154 valence electrons. The normalized spacial score (nSPS) is 11.3. The first kappa shape index (κ1) is 21.0. The molecule has 4 aromatic rings. The van der Waals surface area contributed by atoms with Crippen molar-refractivity contribution in [2.24, 2.45) is 4.99 Å². The van der Waals surface area contributed by atoms with Gasteiger partial charge in [-0.05, 0) is 28.8 Å². The second-order valence-electron chi connectivity index (χ2n) is 7.33. The van der Waals surface area contributed by atoms with E-state index >= 15 is 0 Å². The molecule has 0 fully saturated rings. The predicted octanol–water partition coefficient (Wildman–Crippen LogP) is 7.31. The van der Waals surface area contributed by atoms with Crippen molar-refractivity contribution in [3.8, 4) is 0 Å². The molecule has 0 aromatic heterocycles. The zero-order chi connectivity index (χ0) is 21.1. The van der Waals surface area contributed by atoms with Gasteiger partial charge in [-0.1, -0.05) is 121 Å². The summed E-state index contributed by atoms with van der Waals surface area (Å²) in [5.74, 6) is 0.882. The van der Waals surface area contributed by atoms with E-state index in [9.17, 15) is 0 Å². The third-order valence-electron chi connectivity index (χ3n) is 4.89. The number of rotatable bonds is 7. The Hall–Kier alpha value is -3.30. The van der Waals surface area contributed by atoms with Crippen LogP contribution in [-0.4, -0.2) is 10.1 Å². The van der Waals surface area contributed by atoms with Gasteiger partial charge in [0.1, 0.15) is 0 Å². The van der Waals surface area contributed by atoms with Gasteiger partial charge in [-0.25, -0.2) is 4.99 Å². The minimum Gasteiger partial charge on any atom is -0.343 e. The Balaban J connectivity index is 1.65. The summed E-state index contributed by atoms with van der Waals surface area (Å²) < 4.78 is 0. The van der Waals surface area contributed by atoms with E-state index in [1.807, 2.05) is 18.2 Å². The van der Waals surface area contributed by atoms with Crippen LogP contribution in [0.15, 0.2) is 126 Å². The molecule has 0 bridgehead atoms. The zero-order valence-corrected chi connectivity index (χ0v) is 18.3. The highest BCUT2D eigenvalue weighted by Gasteiger charge is 2.15. The fourth-order valence-electron chi connectivity index (χ4n) is 3.33. The van der Waals surface area contributed by atoms with Gasteiger partial charge in [0.2, 0.25) is 0 Å². The number of para-hydroxylation sites is 1. The minimum atomic E-state index is 0.809. The Bertz CT molecular complexity index is 1020. The van der Waals surface area contributed by atoms with E-state index in [1.54, 1.807) is 11.8 Å². The number of hydrogen-bond acceptors (Lipinski definition) is 2. The summed E-state index contributed by atoms with van der Waals surface area (Å²) in [7, 11) is 0. The van der Waals surface area contributed by atoms with Gasteiger partial charge in [0.05, 0.1) is 5.69 Å². The van der Waals surface area contributed by atoms with Crippen LogP contribution >= 0.6 is 11.8 Å². The highest BCUT2D eigenvalue weighted by atomic mass is 32.2. The van der Waals surface area contributed by atoms with Gasteiger partial charge in [-0.2, -0.15) is 0 Å². The lowest BCUT2D eigenvalue weighted by molar-refractivity contribution is 0.415. The lowest BCUT2D eigenvalue weighted by atomic mass is 10.2. The van der Waals surface area contributed by atoms with Gasteiger partial charge in [0.25, 0.3) is 0 Å². The summed E-state index contributed by atoms with van der Waals surface area (Å²) in [6.07, 6.45) is 0. The third kappa shape index (κ3) is 6.59. The SMILES string of the molecule is c1ccc(CSC(=Nc2ccccc2)N(Cc2ccccc2)Cc2ccccc2)cc1. The van der Waals surface area contributed by atoms with Crippen LogP contribution in [0.4, 0.5) is 5.69 Å². The van der Waals surface area contributed by atoms with Gasteiger partial charge >= 0.3 is 0 Å². The van der Waals surface area contributed by atoms with Gasteiger partial charge in [-0.3, -0.25) is 0 Å². The molecule has 0 aliphatic carbocycles. The molecule has 0 amide bonds. The van der Waals surface area contributed by atoms with E-state index in [1.165, 1.54) is 16.7 Å². The summed E-state index contributed by atoms with van der Waals surface area (Å²) >= 11 is 1.79. The smallest absolute Gasteiger partial charge is 0.165 e. The van der Waals surface area contributed by atoms with E-state index in [4.69, 9.17) is 4.99 Å². The first-order valence-electron chi connectivity index (χ1n) is 10.5. The molecular formula is C28H26N2S. The number of thioether (sulfide) groups is 1. The van der Waals surface area contributed by atoms with Crippen LogP contribution < -0.4 is 0 Å². The molecule has 3 heteroatoms. The lowest BCUT2D eigenvalue weighted by Crippen LogP contribution is -2.28. The van der Waals surface area contributed by atoms with E-state index < -0.39 is 0 Å². The van der Waals surface area contributed by atoms with Crippen LogP contribution in [0.2, 0.25) is 0 Å². The topological polar surface area (TPSA) is 15.6 Å². The van der Waals surface area contributed by atoms with Crippen LogP contribution in [0.1, 0.15) is 16.7 Å². The number of amidine groups is 1. The standard InChI is InChI=1S/C28H26N2S/c1-5-13-24(14-6-1)21-30(22-25-15-7-2-8-16-25)28(29-27-19-11-4-12-20-27)31-23-26-17-9-3-10-18-26/h1-20H,21-23H2. The summed E-state index contributed by atoms with van der Waals surface area (Å²) in [4.78, 5) is 7.45. The first-order chi connectivity index (χ1) is 15.4. The van der Waals surface area contributed by atoms with Crippen LogP contribution in [0.3, 0.4) is 0 Å². The van der Waals surface area contributed by atoms with Crippen molar-refractivity contribution < 1.29 is 0 Å². The summed E-state index contributed by atoms with van der Waals surface area (Å²) in [6, 6.07) is 42.1. The predicted molar refractivity (Wildman–Crippen MR) is 133 cm³/mol. The van der Waals surface area contributed by atoms with Crippen molar-refractivity contribution in [2.45, 2.75) is 18.8 Å². The zero-order valence-electron chi connectivity index (χ0n) is 17.5. The average Bonchev–Trinajstić information content (AvgIpc) is 2.84. The van der Waals surface area contributed by atoms with Crippen molar-refractivity contribution in [2.75, 3.05) is 0 Å². The number of nitrogens with zero attached hydrogens (tertiary/aromatic N) is 2. The summed E-state index contributed by atoms with van der Waals surface area (Å²) in [6.45, 7) is 1.62. The fourth-order valence-corrected chi connectivity index (χ4v) is 4.30. The van der Waals surface area contributed by atoms with Crippen molar-refractivity contribution in [1.29, 1.82) is 0 Å². The van der Waals surface area contributed by atoms with E-state index in [0.717, 1.165) is 29.7 Å². The Morgan fingerprint density at radius 3 is 1.45 bits per heavy atom. The van der Waals surface area contributed by atoms with E-state index in [2.05, 4.69) is 108 Å². The van der Waals surface area contributed by atoms with E-state index in [0.29, 0.717) is 0 Å². The van der Waals surface area contributed by atoms with Gasteiger partial charge in [0, 0.05) is 18.8 Å². The monoisotopic (exact) mass is 422 g/mol. The molecule has 2 nitrogen and oxygen atoms in total. The largest absolute Gasteiger partial charge is 0.343 e. The molecule has 0 aliphatic heterocycles. The minimum absolute atomic E-state index is 0.809. The maximum Gasteiger partial charge on any atom is 0.165 e. The Morgan fingerprint density at radius 2 is 0.968 bits per heavy atom. The third-order valence-corrected chi connectivity index (χ3v) is 5.98. The van der Waals surface area contributed by atoms with Crippen LogP contribution in [0.25, 0.3) is 0 Å². The molecule has 31 heavy (non-hydrogen) atoms. The lowest BCUT2D eigenvalue weighted by Gasteiger charge is -2.26. The van der Waals surface area contributed by atoms with Crippen LogP contribution in [-0.2, 0) is 18.8 Å². The second-order valence-corrected chi connectivity index (χ2v) is 8.27. The first-order valence-corrected chi connectivity index (χ1v) is 11.5. The van der Waals surface area contributed by atoms with Crippen LogP contribution in [0.5, 0.6) is 0 Å². The Kier molecular flexibility index (Phi) is 7.56. The average molecular weight is 423 g/mol. The molecular weight excluding hydrogens is 396 g/mol. The number of hydrogen-bond donors (Lipinski definition) is 0. The highest BCUT2D eigenvalue weighted by Crippen LogP contribution is 2.24. The van der Waals surface area contributed by atoms with Crippen molar-refractivity contribution in [1.82, 2.24) is 4.90 Å². The van der Waals surface area contributed by atoms with Crippen molar-refractivity contribution in [3.05, 3.63) is 138 Å². The molecule has 0 heterocycles. The van der Waals surface area contributed by atoms with Gasteiger partial charge in [-0.15, -0.1) is 0 Å². The molecule has 0 spiro atoms. The molecule has 0 N–H and O–H groups in total. The molecule has 0 saturated carbocycles. The van der Waals surface area contributed by atoms with Crippen molar-refractivity contribution in [3.63, 3.8) is 0 Å². The maximum absolute atomic E-state index is 5.07. The molecule has 0 saturated heterocycles. The fraction of sp³-hybridized carbons (Fsp3) is 0.107. The number of aliphatic imine (C=N–C) groups is 1. The van der Waals surface area contributed by atoms with E-state index in [-0.39, 0.29) is 0 Å². The molecule has 4 aromatic carbocycles. The molecule has 0 atom stereocenters. The summed E-state index contributed by atoms with van der Waals surface area (Å²) in [5, 5.41) is 1.03. The number of benzene rings is 4. The molecule has 0 unspecified atom stereocenters. The Morgan fingerprint density at radius 1 is 0.548 bits per heavy atom. The molecule has 0 aliphatic rings. The quantitative estimate of drug-likeness (QED) is 0.229. The van der Waals surface area contributed by atoms with Crippen LogP contribution in [0, 0.1) is 0 Å². The highest BCUT2D eigenvalue weighted by molar-refractivity contribution is 8.13. The second kappa shape index (κ2) is 11.2. The van der Waals surface area contributed by atoms with Crippen molar-refractivity contribution >= 4 is 22.6 Å².